The van der Waals surface area contributed by atoms with Gasteiger partial charge in [0.2, 0.25) is 5.91 Å². The number of carbonyl (C=O) groups excluding carboxylic acids is 1. The highest BCUT2D eigenvalue weighted by atomic mass is 35.5. The van der Waals surface area contributed by atoms with E-state index in [-0.39, 0.29) is 22.4 Å². The average Bonchev–Trinajstić information content (AvgIpc) is 2.62. The maximum absolute atomic E-state index is 13.8. The van der Waals surface area contributed by atoms with Crippen LogP contribution in [0.5, 0.6) is 0 Å². The highest BCUT2D eigenvalue weighted by molar-refractivity contribution is 7.99. The minimum atomic E-state index is -0.557. The molecular formula is C19H22ClFN4OS. The number of carbonyl (C=O) groups is 1. The van der Waals surface area contributed by atoms with E-state index in [0.717, 1.165) is 23.9 Å². The van der Waals surface area contributed by atoms with Crippen molar-refractivity contribution in [2.75, 3.05) is 29.1 Å². The van der Waals surface area contributed by atoms with Crippen LogP contribution in [0.25, 0.3) is 0 Å². The van der Waals surface area contributed by atoms with Crippen molar-refractivity contribution in [2.24, 2.45) is 11.8 Å². The van der Waals surface area contributed by atoms with Gasteiger partial charge in [0.05, 0.1) is 11.4 Å². The van der Waals surface area contributed by atoms with Crippen LogP contribution in [-0.4, -0.2) is 34.7 Å². The Balaban J connectivity index is 1.58. The first-order chi connectivity index (χ1) is 12.9. The van der Waals surface area contributed by atoms with Gasteiger partial charge in [0.15, 0.2) is 0 Å². The molecule has 1 amide bonds. The lowest BCUT2D eigenvalue weighted by atomic mass is 9.92. The SMILES string of the molecule is CC1CC(C)CN(c2cc(SCC(=O)Nc3ccc(Cl)cc3F)ncn2)C1. The topological polar surface area (TPSA) is 58.1 Å². The molecule has 1 aromatic carbocycles. The lowest BCUT2D eigenvalue weighted by molar-refractivity contribution is -0.113. The zero-order valence-electron chi connectivity index (χ0n) is 15.3. The molecule has 1 aromatic heterocycles. The van der Waals surface area contributed by atoms with Gasteiger partial charge in [-0.2, -0.15) is 0 Å². The number of amides is 1. The van der Waals surface area contributed by atoms with E-state index in [1.807, 2.05) is 6.07 Å². The van der Waals surface area contributed by atoms with Crippen molar-refractivity contribution >= 4 is 40.8 Å². The summed E-state index contributed by atoms with van der Waals surface area (Å²) in [5.74, 6) is 1.40. The van der Waals surface area contributed by atoms with Crippen LogP contribution in [0.3, 0.4) is 0 Å². The van der Waals surface area contributed by atoms with E-state index in [9.17, 15) is 9.18 Å². The van der Waals surface area contributed by atoms with Gasteiger partial charge >= 0.3 is 0 Å². The maximum atomic E-state index is 13.8. The van der Waals surface area contributed by atoms with E-state index >= 15 is 0 Å². The first-order valence-corrected chi connectivity index (χ1v) is 10.2. The summed E-state index contributed by atoms with van der Waals surface area (Å²) in [6.45, 7) is 6.45. The van der Waals surface area contributed by atoms with Gasteiger partial charge in [0, 0.05) is 24.2 Å². The van der Waals surface area contributed by atoms with Gasteiger partial charge in [-0.3, -0.25) is 4.79 Å². The third kappa shape index (κ3) is 5.56. The fourth-order valence-electron chi connectivity index (χ4n) is 3.35. The Morgan fingerprint density at radius 1 is 1.30 bits per heavy atom. The number of halogens is 2. The fourth-order valence-corrected chi connectivity index (χ4v) is 4.17. The monoisotopic (exact) mass is 408 g/mol. The first kappa shape index (κ1) is 19.9. The predicted octanol–water partition coefficient (Wildman–Crippen LogP) is 4.48. The molecule has 0 aliphatic carbocycles. The number of rotatable bonds is 5. The molecule has 1 saturated heterocycles. The lowest BCUT2D eigenvalue weighted by Gasteiger charge is -2.35. The van der Waals surface area contributed by atoms with Crippen LogP contribution >= 0.6 is 23.4 Å². The number of thioether (sulfide) groups is 1. The van der Waals surface area contributed by atoms with Crippen molar-refractivity contribution in [3.05, 3.63) is 41.4 Å². The van der Waals surface area contributed by atoms with E-state index in [0.29, 0.717) is 11.8 Å². The molecule has 2 aromatic rings. The number of nitrogens with zero attached hydrogens (tertiary/aromatic N) is 3. The Kier molecular flexibility index (Phi) is 6.55. The molecule has 0 bridgehead atoms. The molecule has 2 heterocycles. The van der Waals surface area contributed by atoms with Gasteiger partial charge in [-0.1, -0.05) is 37.2 Å². The Labute approximate surface area is 167 Å². The highest BCUT2D eigenvalue weighted by Gasteiger charge is 2.23. The maximum Gasteiger partial charge on any atom is 0.234 e. The quantitative estimate of drug-likeness (QED) is 0.583. The molecule has 1 N–H and O–H groups in total. The molecule has 0 spiro atoms. The summed E-state index contributed by atoms with van der Waals surface area (Å²) in [6, 6.07) is 6.06. The van der Waals surface area contributed by atoms with E-state index < -0.39 is 5.82 Å². The molecule has 144 valence electrons. The van der Waals surface area contributed by atoms with Crippen molar-refractivity contribution in [1.82, 2.24) is 9.97 Å². The van der Waals surface area contributed by atoms with Gasteiger partial charge in [-0.05, 0) is 36.5 Å². The van der Waals surface area contributed by atoms with Gasteiger partial charge in [-0.25, -0.2) is 14.4 Å². The lowest BCUT2D eigenvalue weighted by Crippen LogP contribution is -2.39. The Hall–Kier alpha value is -1.86. The summed E-state index contributed by atoms with van der Waals surface area (Å²) in [7, 11) is 0. The second-order valence-electron chi connectivity index (χ2n) is 7.03. The Bertz CT molecular complexity index is 812. The van der Waals surface area contributed by atoms with E-state index in [1.54, 1.807) is 0 Å². The van der Waals surface area contributed by atoms with Crippen molar-refractivity contribution in [1.29, 1.82) is 0 Å². The summed E-state index contributed by atoms with van der Waals surface area (Å²) >= 11 is 7.01. The summed E-state index contributed by atoms with van der Waals surface area (Å²) in [5, 5.41) is 3.56. The molecule has 2 atom stereocenters. The van der Waals surface area contributed by atoms with Crippen molar-refractivity contribution in [2.45, 2.75) is 25.3 Å². The molecule has 0 radical (unpaired) electrons. The van der Waals surface area contributed by atoms with Crippen LogP contribution in [0.2, 0.25) is 5.02 Å². The molecule has 3 rings (SSSR count). The minimum absolute atomic E-state index is 0.115. The molecule has 1 aliphatic heterocycles. The van der Waals surface area contributed by atoms with Gasteiger partial charge in [-0.15, -0.1) is 0 Å². The average molecular weight is 409 g/mol. The fraction of sp³-hybridized carbons (Fsp3) is 0.421. The van der Waals surface area contributed by atoms with E-state index in [2.05, 4.69) is 34.0 Å². The molecule has 5 nitrogen and oxygen atoms in total. The molecular weight excluding hydrogens is 387 g/mol. The summed E-state index contributed by atoms with van der Waals surface area (Å²) in [5.41, 5.74) is 0.115. The van der Waals surface area contributed by atoms with Crippen molar-refractivity contribution in [3.8, 4) is 0 Å². The molecule has 2 unspecified atom stereocenters. The van der Waals surface area contributed by atoms with Crippen LogP contribution in [0.4, 0.5) is 15.9 Å². The number of nitrogens with one attached hydrogen (secondary N) is 1. The number of aromatic nitrogens is 2. The Morgan fingerprint density at radius 2 is 2.04 bits per heavy atom. The predicted molar refractivity (Wildman–Crippen MR) is 108 cm³/mol. The first-order valence-electron chi connectivity index (χ1n) is 8.85. The van der Waals surface area contributed by atoms with Crippen LogP contribution in [-0.2, 0) is 4.79 Å². The zero-order chi connectivity index (χ0) is 19.4. The number of hydrogen-bond acceptors (Lipinski definition) is 5. The summed E-state index contributed by atoms with van der Waals surface area (Å²) in [4.78, 5) is 23.0. The van der Waals surface area contributed by atoms with E-state index in [1.165, 1.54) is 42.7 Å². The number of piperidine rings is 1. The van der Waals surface area contributed by atoms with Gasteiger partial charge in [0.25, 0.3) is 0 Å². The second-order valence-corrected chi connectivity index (χ2v) is 8.46. The smallest absolute Gasteiger partial charge is 0.234 e. The molecule has 8 heteroatoms. The summed E-state index contributed by atoms with van der Waals surface area (Å²) in [6.07, 6.45) is 2.75. The molecule has 27 heavy (non-hydrogen) atoms. The largest absolute Gasteiger partial charge is 0.356 e. The molecule has 0 saturated carbocycles. The van der Waals surface area contributed by atoms with Crippen LogP contribution in [0, 0.1) is 17.7 Å². The van der Waals surface area contributed by atoms with Crippen molar-refractivity contribution < 1.29 is 9.18 Å². The highest BCUT2D eigenvalue weighted by Crippen LogP contribution is 2.27. The van der Waals surface area contributed by atoms with Crippen LogP contribution < -0.4 is 10.2 Å². The third-order valence-corrected chi connectivity index (χ3v) is 5.54. The second kappa shape index (κ2) is 8.89. The third-order valence-electron chi connectivity index (χ3n) is 4.38. The minimum Gasteiger partial charge on any atom is -0.356 e. The van der Waals surface area contributed by atoms with E-state index in [4.69, 9.17) is 11.6 Å². The Morgan fingerprint density at radius 3 is 2.74 bits per heavy atom. The molecule has 1 fully saturated rings. The standard InChI is InChI=1S/C19H22ClFN4OS/c1-12-5-13(2)9-25(8-12)17-7-19(23-11-22-17)27-10-18(26)24-16-4-3-14(20)6-15(16)21/h3-4,6-7,11-13H,5,8-10H2,1-2H3,(H,24,26). The summed E-state index contributed by atoms with van der Waals surface area (Å²) < 4.78 is 13.8. The number of anilines is 2. The number of hydrogen-bond donors (Lipinski definition) is 1. The van der Waals surface area contributed by atoms with Crippen molar-refractivity contribution in [3.63, 3.8) is 0 Å². The van der Waals surface area contributed by atoms with Gasteiger partial charge < -0.3 is 10.2 Å². The van der Waals surface area contributed by atoms with Gasteiger partial charge in [0.1, 0.15) is 23.0 Å². The van der Waals surface area contributed by atoms with Crippen LogP contribution in [0.1, 0.15) is 20.3 Å². The normalized spacial score (nSPS) is 19.8. The number of benzene rings is 1. The van der Waals surface area contributed by atoms with Crippen LogP contribution in [0.15, 0.2) is 35.6 Å². The zero-order valence-corrected chi connectivity index (χ0v) is 16.9. The molecule has 1 aliphatic rings.